The summed E-state index contributed by atoms with van der Waals surface area (Å²) in [5.74, 6) is -0.340. The lowest BCUT2D eigenvalue weighted by molar-refractivity contribution is -0.384. The normalized spacial score (nSPS) is 18.8. The summed E-state index contributed by atoms with van der Waals surface area (Å²) in [7, 11) is 1.56. The van der Waals surface area contributed by atoms with E-state index in [9.17, 15) is 19.7 Å². The van der Waals surface area contributed by atoms with Crippen molar-refractivity contribution in [2.45, 2.75) is 6.04 Å². The molecule has 0 unspecified atom stereocenters. The number of non-ortho nitro benzene ring substituents is 1. The van der Waals surface area contributed by atoms with Crippen LogP contribution in [-0.4, -0.2) is 35.4 Å². The van der Waals surface area contributed by atoms with Crippen LogP contribution < -0.4 is 10.2 Å². The van der Waals surface area contributed by atoms with Gasteiger partial charge >= 0.3 is 6.03 Å². The van der Waals surface area contributed by atoms with E-state index in [1.165, 1.54) is 34.1 Å². The Morgan fingerprint density at radius 3 is 2.62 bits per heavy atom. The number of anilines is 1. The quantitative estimate of drug-likeness (QED) is 0.587. The fourth-order valence-corrected chi connectivity index (χ4v) is 4.04. The number of nitro groups is 1. The molecule has 2 aromatic rings. The van der Waals surface area contributed by atoms with E-state index in [4.69, 9.17) is 23.2 Å². The summed E-state index contributed by atoms with van der Waals surface area (Å²) in [6.07, 6.45) is 0. The third-order valence-corrected chi connectivity index (χ3v) is 5.51. The molecule has 0 fully saturated rings. The number of nitro benzene ring substituents is 1. The number of likely N-dealkylation sites (N-methyl/N-ethyl adjacent to an activating group) is 1. The van der Waals surface area contributed by atoms with Gasteiger partial charge in [0.15, 0.2) is 0 Å². The smallest absolute Gasteiger partial charge is 0.322 e. The standard InChI is InChI=1S/C19H14Cl2N4O4/c1-23-15-9-24(14-6-5-11(20)8-13(14)21)18(26)16(15)17(22-19(23)27)10-3-2-4-12(7-10)25(28)29/h2-8,17H,9H2,1H3,(H,22,27)/t17-/m0/s1. The van der Waals surface area contributed by atoms with E-state index in [0.29, 0.717) is 32.6 Å². The van der Waals surface area contributed by atoms with Crippen molar-refractivity contribution in [3.05, 3.63) is 79.5 Å². The molecule has 2 aliphatic rings. The zero-order valence-corrected chi connectivity index (χ0v) is 16.6. The number of nitrogens with one attached hydrogen (secondary N) is 1. The van der Waals surface area contributed by atoms with Crippen LogP contribution in [0.3, 0.4) is 0 Å². The molecule has 0 radical (unpaired) electrons. The molecule has 1 N–H and O–H groups in total. The van der Waals surface area contributed by atoms with E-state index in [1.807, 2.05) is 0 Å². The van der Waals surface area contributed by atoms with Gasteiger partial charge in [0.1, 0.15) is 0 Å². The van der Waals surface area contributed by atoms with Crippen LogP contribution in [0.2, 0.25) is 10.0 Å². The summed E-state index contributed by atoms with van der Waals surface area (Å²) in [5, 5.41) is 14.6. The highest BCUT2D eigenvalue weighted by atomic mass is 35.5. The minimum atomic E-state index is -0.808. The second kappa shape index (κ2) is 7.06. The predicted octanol–water partition coefficient (Wildman–Crippen LogP) is 3.90. The number of urea groups is 1. The summed E-state index contributed by atoms with van der Waals surface area (Å²) in [6.45, 7) is 0.144. The van der Waals surface area contributed by atoms with Gasteiger partial charge in [0, 0.05) is 24.2 Å². The van der Waals surface area contributed by atoms with Gasteiger partial charge in [0.25, 0.3) is 11.6 Å². The maximum Gasteiger partial charge on any atom is 0.322 e. The molecule has 0 aliphatic carbocycles. The lowest BCUT2D eigenvalue weighted by atomic mass is 9.95. The van der Waals surface area contributed by atoms with E-state index >= 15 is 0 Å². The number of nitrogens with zero attached hydrogens (tertiary/aromatic N) is 3. The zero-order chi connectivity index (χ0) is 20.9. The predicted molar refractivity (Wildman–Crippen MR) is 108 cm³/mol. The van der Waals surface area contributed by atoms with Crippen LogP contribution in [0.4, 0.5) is 16.2 Å². The van der Waals surface area contributed by atoms with Crippen LogP contribution >= 0.6 is 23.2 Å². The van der Waals surface area contributed by atoms with Crippen molar-refractivity contribution in [3.63, 3.8) is 0 Å². The molecule has 10 heteroatoms. The summed E-state index contributed by atoms with van der Waals surface area (Å²) < 4.78 is 0. The fourth-order valence-electron chi connectivity index (χ4n) is 3.53. The van der Waals surface area contributed by atoms with Crippen LogP contribution in [-0.2, 0) is 4.79 Å². The Labute approximate surface area is 175 Å². The Morgan fingerprint density at radius 1 is 1.17 bits per heavy atom. The van der Waals surface area contributed by atoms with Crippen LogP contribution in [0.15, 0.2) is 53.7 Å². The van der Waals surface area contributed by atoms with Crippen LogP contribution in [0.25, 0.3) is 0 Å². The fraction of sp³-hybridized carbons (Fsp3) is 0.158. The maximum atomic E-state index is 13.3. The minimum absolute atomic E-state index is 0.124. The molecule has 148 valence electrons. The number of carbonyl (C=O) groups excluding carboxylic acids is 2. The van der Waals surface area contributed by atoms with Crippen molar-refractivity contribution < 1.29 is 14.5 Å². The Balaban J connectivity index is 1.78. The molecular weight excluding hydrogens is 419 g/mol. The van der Waals surface area contributed by atoms with Crippen molar-refractivity contribution in [2.24, 2.45) is 0 Å². The SMILES string of the molecule is CN1C(=O)N[C@@H](c2cccc([N+](=O)[O-])c2)C2=C1CN(c1ccc(Cl)cc1Cl)C2=O. The van der Waals surface area contributed by atoms with E-state index in [0.717, 1.165) is 0 Å². The lowest BCUT2D eigenvalue weighted by Gasteiger charge is -2.30. The maximum absolute atomic E-state index is 13.3. The number of hydrogen-bond donors (Lipinski definition) is 1. The van der Waals surface area contributed by atoms with Gasteiger partial charge in [0.05, 0.1) is 39.5 Å². The molecule has 0 spiro atoms. The van der Waals surface area contributed by atoms with Gasteiger partial charge in [-0.2, -0.15) is 0 Å². The summed E-state index contributed by atoms with van der Waals surface area (Å²) >= 11 is 12.2. The molecule has 2 heterocycles. The number of halogens is 2. The molecule has 3 amide bonds. The molecule has 29 heavy (non-hydrogen) atoms. The zero-order valence-electron chi connectivity index (χ0n) is 15.1. The van der Waals surface area contributed by atoms with E-state index in [2.05, 4.69) is 5.32 Å². The number of hydrogen-bond acceptors (Lipinski definition) is 4. The first kappa shape index (κ1) is 19.2. The molecule has 0 aromatic heterocycles. The van der Waals surface area contributed by atoms with E-state index in [1.54, 1.807) is 25.2 Å². The second-order valence-electron chi connectivity index (χ2n) is 6.64. The van der Waals surface area contributed by atoms with E-state index < -0.39 is 17.0 Å². The molecule has 8 nitrogen and oxygen atoms in total. The Bertz CT molecular complexity index is 1100. The Morgan fingerprint density at radius 2 is 1.93 bits per heavy atom. The lowest BCUT2D eigenvalue weighted by Crippen LogP contribution is -2.45. The first-order valence-corrected chi connectivity index (χ1v) is 9.32. The van der Waals surface area contributed by atoms with Crippen LogP contribution in [0.5, 0.6) is 0 Å². The number of rotatable bonds is 3. The second-order valence-corrected chi connectivity index (χ2v) is 7.48. The van der Waals surface area contributed by atoms with Crippen molar-refractivity contribution in [2.75, 3.05) is 18.5 Å². The minimum Gasteiger partial charge on any atom is -0.327 e. The highest BCUT2D eigenvalue weighted by molar-refractivity contribution is 6.37. The van der Waals surface area contributed by atoms with Crippen molar-refractivity contribution >= 4 is 46.5 Å². The Hall–Kier alpha value is -3.10. The van der Waals surface area contributed by atoms with Gasteiger partial charge in [-0.15, -0.1) is 0 Å². The molecule has 1 atom stereocenters. The molecule has 2 aliphatic heterocycles. The van der Waals surface area contributed by atoms with Gasteiger partial charge in [-0.25, -0.2) is 4.79 Å². The molecular formula is C19H14Cl2N4O4. The summed E-state index contributed by atoms with van der Waals surface area (Å²) in [4.78, 5) is 39.2. The first-order valence-electron chi connectivity index (χ1n) is 8.56. The van der Waals surface area contributed by atoms with Gasteiger partial charge in [-0.1, -0.05) is 35.3 Å². The largest absolute Gasteiger partial charge is 0.327 e. The summed E-state index contributed by atoms with van der Waals surface area (Å²) in [5.41, 5.74) is 1.65. The third kappa shape index (κ3) is 3.20. The molecule has 0 bridgehead atoms. The van der Waals surface area contributed by atoms with Crippen molar-refractivity contribution in [1.29, 1.82) is 0 Å². The van der Waals surface area contributed by atoms with Gasteiger partial charge < -0.3 is 10.2 Å². The molecule has 0 saturated heterocycles. The van der Waals surface area contributed by atoms with Crippen molar-refractivity contribution in [3.8, 4) is 0 Å². The Kier molecular flexibility index (Phi) is 4.68. The van der Waals surface area contributed by atoms with Gasteiger partial charge in [0.2, 0.25) is 0 Å². The number of benzene rings is 2. The average Bonchev–Trinajstić information content (AvgIpc) is 3.02. The first-order chi connectivity index (χ1) is 13.8. The van der Waals surface area contributed by atoms with E-state index in [-0.39, 0.29) is 18.1 Å². The molecule has 4 rings (SSSR count). The average molecular weight is 433 g/mol. The van der Waals surface area contributed by atoms with Gasteiger partial charge in [-0.3, -0.25) is 19.8 Å². The monoisotopic (exact) mass is 432 g/mol. The number of amides is 3. The van der Waals surface area contributed by atoms with Gasteiger partial charge in [-0.05, 0) is 23.8 Å². The molecule has 0 saturated carbocycles. The highest BCUT2D eigenvalue weighted by Gasteiger charge is 2.44. The van der Waals surface area contributed by atoms with Crippen LogP contribution in [0.1, 0.15) is 11.6 Å². The molecule has 2 aromatic carbocycles. The highest BCUT2D eigenvalue weighted by Crippen LogP contribution is 2.40. The van der Waals surface area contributed by atoms with Crippen LogP contribution in [0, 0.1) is 10.1 Å². The summed E-state index contributed by atoms with van der Waals surface area (Å²) in [6, 6.07) is 9.45. The topological polar surface area (TPSA) is 95.8 Å². The third-order valence-electron chi connectivity index (χ3n) is 4.98. The van der Waals surface area contributed by atoms with Crippen molar-refractivity contribution in [1.82, 2.24) is 10.2 Å². The number of carbonyl (C=O) groups is 2.